The van der Waals surface area contributed by atoms with Gasteiger partial charge in [0.1, 0.15) is 27.8 Å². The summed E-state index contributed by atoms with van der Waals surface area (Å²) in [6.07, 6.45) is 2.51. The van der Waals surface area contributed by atoms with Gasteiger partial charge in [-0.05, 0) is 43.2 Å². The van der Waals surface area contributed by atoms with Crippen LogP contribution in [0.3, 0.4) is 0 Å². The first-order chi connectivity index (χ1) is 14.9. The lowest BCUT2D eigenvalue weighted by Crippen LogP contribution is -2.55. The fourth-order valence-corrected chi connectivity index (χ4v) is 5.56. The van der Waals surface area contributed by atoms with Gasteiger partial charge in [-0.2, -0.15) is 0 Å². The van der Waals surface area contributed by atoms with E-state index < -0.39 is 33.3 Å². The first-order valence-corrected chi connectivity index (χ1v) is 11.2. The Kier molecular flexibility index (Phi) is 6.01. The van der Waals surface area contributed by atoms with Crippen LogP contribution in [0.2, 0.25) is 0 Å². The maximum absolute atomic E-state index is 14.6. The van der Waals surface area contributed by atoms with E-state index >= 15 is 0 Å². The number of hydrogen-bond acceptors (Lipinski definition) is 7. The number of nitrogens with zero attached hydrogens (tertiary/aromatic N) is 2. The number of rotatable bonds is 4. The Morgan fingerprint density at radius 1 is 1.32 bits per heavy atom. The van der Waals surface area contributed by atoms with Gasteiger partial charge in [0.2, 0.25) is 0 Å². The van der Waals surface area contributed by atoms with Crippen molar-refractivity contribution in [3.63, 3.8) is 0 Å². The molecule has 3 heterocycles. The summed E-state index contributed by atoms with van der Waals surface area (Å²) in [6, 6.07) is 6.66. The Bertz CT molecular complexity index is 1040. The first kappa shape index (κ1) is 21.4. The number of methoxy groups -OCH3 is 1. The maximum atomic E-state index is 14.6. The van der Waals surface area contributed by atoms with Gasteiger partial charge < -0.3 is 20.5 Å². The Balaban J connectivity index is 1.56. The molecule has 0 bridgehead atoms. The molecule has 8 nitrogen and oxygen atoms in total. The number of aliphatic imine (C=N–C) groups is 1. The van der Waals surface area contributed by atoms with Crippen molar-refractivity contribution in [2.75, 3.05) is 31.4 Å². The smallest absolute Gasteiger partial charge is 0.274 e. The number of ether oxygens (including phenoxy) is 2. The molecule has 1 aromatic carbocycles. The monoisotopic (exact) mass is 446 g/mol. The first-order valence-electron chi connectivity index (χ1n) is 9.84. The van der Waals surface area contributed by atoms with Gasteiger partial charge in [-0.1, -0.05) is 0 Å². The van der Waals surface area contributed by atoms with Crippen molar-refractivity contribution in [3.8, 4) is 5.75 Å². The predicted molar refractivity (Wildman–Crippen MR) is 115 cm³/mol. The number of hydrogen-bond donors (Lipinski definition) is 2. The van der Waals surface area contributed by atoms with E-state index in [9.17, 15) is 13.4 Å². The van der Waals surface area contributed by atoms with Crippen molar-refractivity contribution >= 4 is 28.2 Å². The van der Waals surface area contributed by atoms with Crippen LogP contribution in [0.1, 0.15) is 34.9 Å². The molecule has 2 atom stereocenters. The number of aromatic nitrogens is 1. The number of amides is 1. The fraction of sp³-hybridized carbons (Fsp3) is 0.381. The highest BCUT2D eigenvalue weighted by molar-refractivity contribution is 7.87. The molecular weight excluding hydrogens is 423 g/mol. The molecule has 1 saturated heterocycles. The molecule has 1 amide bonds. The van der Waals surface area contributed by atoms with Crippen LogP contribution in [0, 0.1) is 5.82 Å². The zero-order chi connectivity index (χ0) is 22.0. The van der Waals surface area contributed by atoms with Crippen molar-refractivity contribution in [1.29, 1.82) is 0 Å². The molecule has 2 aromatic rings. The van der Waals surface area contributed by atoms with Crippen molar-refractivity contribution in [2.24, 2.45) is 10.7 Å². The minimum atomic E-state index is -1.32. The van der Waals surface area contributed by atoms with Crippen LogP contribution < -0.4 is 15.8 Å². The number of halogens is 1. The number of nitrogens with one attached hydrogen (secondary N) is 1. The lowest BCUT2D eigenvalue weighted by atomic mass is 9.96. The SMILES string of the molecule is COc1ccc(C(=O)Nc2ccc(F)c(C3CS(=O)C4(CCOCC4)C(N)=N3)c2)nc1. The third-order valence-corrected chi connectivity index (χ3v) is 7.73. The summed E-state index contributed by atoms with van der Waals surface area (Å²) in [5.41, 5.74) is 7.03. The van der Waals surface area contributed by atoms with Crippen LogP contribution >= 0.6 is 0 Å². The molecule has 4 rings (SSSR count). The molecule has 1 fully saturated rings. The van der Waals surface area contributed by atoms with Crippen LogP contribution in [0.15, 0.2) is 41.5 Å². The van der Waals surface area contributed by atoms with E-state index in [2.05, 4.69) is 15.3 Å². The van der Waals surface area contributed by atoms with Gasteiger partial charge in [0.25, 0.3) is 5.91 Å². The number of anilines is 1. The standard InChI is InChI=1S/C21H23FN4O4S/c1-29-14-3-5-17(24-11-14)19(27)25-13-2-4-16(22)15(10-13)18-12-31(28)21(20(23)26-18)6-8-30-9-7-21/h2-5,10-11,18H,6-9,12H2,1H3,(H2,23,26)(H,25,27). The van der Waals surface area contributed by atoms with Gasteiger partial charge >= 0.3 is 0 Å². The van der Waals surface area contributed by atoms with E-state index in [1.54, 1.807) is 6.07 Å². The molecule has 3 N–H and O–H groups in total. The minimum absolute atomic E-state index is 0.162. The van der Waals surface area contributed by atoms with Gasteiger partial charge in [0.15, 0.2) is 0 Å². The largest absolute Gasteiger partial charge is 0.495 e. The summed E-state index contributed by atoms with van der Waals surface area (Å²) >= 11 is 0. The number of carbonyl (C=O) groups is 1. The van der Waals surface area contributed by atoms with Gasteiger partial charge in [-0.3, -0.25) is 14.0 Å². The molecule has 0 saturated carbocycles. The summed E-state index contributed by atoms with van der Waals surface area (Å²) in [5, 5.41) is 2.70. The molecule has 164 valence electrons. The quantitative estimate of drug-likeness (QED) is 0.744. The van der Waals surface area contributed by atoms with E-state index in [-0.39, 0.29) is 22.8 Å². The van der Waals surface area contributed by atoms with Crippen molar-refractivity contribution in [3.05, 3.63) is 53.6 Å². The van der Waals surface area contributed by atoms with Crippen molar-refractivity contribution in [1.82, 2.24) is 4.98 Å². The molecule has 31 heavy (non-hydrogen) atoms. The minimum Gasteiger partial charge on any atom is -0.495 e. The van der Waals surface area contributed by atoms with Gasteiger partial charge in [0, 0.05) is 35.3 Å². The predicted octanol–water partition coefficient (Wildman–Crippen LogP) is 2.19. The molecule has 2 aliphatic rings. The molecule has 1 aromatic heterocycles. The van der Waals surface area contributed by atoms with Crippen LogP contribution in [-0.2, 0) is 15.5 Å². The third-order valence-electron chi connectivity index (χ3n) is 5.62. The second kappa shape index (κ2) is 8.72. The summed E-state index contributed by atoms with van der Waals surface area (Å²) in [6.45, 7) is 0.948. The van der Waals surface area contributed by atoms with Crippen LogP contribution in [-0.4, -0.2) is 51.8 Å². The zero-order valence-electron chi connectivity index (χ0n) is 17.0. The number of carbonyl (C=O) groups excluding carboxylic acids is 1. The lowest BCUT2D eigenvalue weighted by Gasteiger charge is -2.39. The highest BCUT2D eigenvalue weighted by Crippen LogP contribution is 2.37. The van der Waals surface area contributed by atoms with Gasteiger partial charge in [-0.25, -0.2) is 9.37 Å². The highest BCUT2D eigenvalue weighted by Gasteiger charge is 2.46. The average molecular weight is 447 g/mol. The van der Waals surface area contributed by atoms with Crippen LogP contribution in [0.5, 0.6) is 5.75 Å². The molecular formula is C21H23FN4O4S. The van der Waals surface area contributed by atoms with Crippen molar-refractivity contribution < 1.29 is 22.9 Å². The van der Waals surface area contributed by atoms with Gasteiger partial charge in [0.05, 0.1) is 25.1 Å². The fourth-order valence-electron chi connectivity index (χ4n) is 3.79. The number of pyridine rings is 1. The average Bonchev–Trinajstić information content (AvgIpc) is 2.79. The van der Waals surface area contributed by atoms with Crippen LogP contribution in [0.25, 0.3) is 0 Å². The lowest BCUT2D eigenvalue weighted by molar-refractivity contribution is 0.0890. The topological polar surface area (TPSA) is 116 Å². The van der Waals surface area contributed by atoms with E-state index in [0.717, 1.165) is 0 Å². The van der Waals surface area contributed by atoms with E-state index in [1.165, 1.54) is 37.6 Å². The second-order valence-corrected chi connectivity index (χ2v) is 9.23. The maximum Gasteiger partial charge on any atom is 0.274 e. The Morgan fingerprint density at radius 2 is 2.10 bits per heavy atom. The molecule has 10 heteroatoms. The third kappa shape index (κ3) is 4.17. The van der Waals surface area contributed by atoms with Crippen molar-refractivity contribution in [2.45, 2.75) is 23.6 Å². The Hall–Kier alpha value is -2.85. The van der Waals surface area contributed by atoms with E-state index in [1.807, 2.05) is 0 Å². The van der Waals surface area contributed by atoms with Crippen LogP contribution in [0.4, 0.5) is 10.1 Å². The normalized spacial score (nSPS) is 22.6. The molecule has 0 aliphatic carbocycles. The molecule has 2 unspecified atom stereocenters. The summed E-state index contributed by atoms with van der Waals surface area (Å²) in [5.74, 6) is 0.0266. The Morgan fingerprint density at radius 3 is 2.74 bits per heavy atom. The number of nitrogens with two attached hydrogens (primary N) is 1. The molecule has 1 spiro atoms. The second-order valence-electron chi connectivity index (χ2n) is 7.42. The summed E-state index contributed by atoms with van der Waals surface area (Å²) in [4.78, 5) is 21.0. The van der Waals surface area contributed by atoms with Gasteiger partial charge in [-0.15, -0.1) is 0 Å². The summed E-state index contributed by atoms with van der Waals surface area (Å²) < 4.78 is 37.4. The highest BCUT2D eigenvalue weighted by atomic mass is 32.2. The Labute approximate surface area is 181 Å². The van der Waals surface area contributed by atoms with E-state index in [0.29, 0.717) is 37.5 Å². The number of amidine groups is 1. The zero-order valence-corrected chi connectivity index (χ0v) is 17.8. The number of benzene rings is 1. The molecule has 0 radical (unpaired) electrons. The summed E-state index contributed by atoms with van der Waals surface area (Å²) in [7, 11) is 0.192. The van der Waals surface area contributed by atoms with E-state index in [4.69, 9.17) is 15.2 Å². The molecule has 2 aliphatic heterocycles.